The Balaban J connectivity index is 1.83. The summed E-state index contributed by atoms with van der Waals surface area (Å²) in [6.45, 7) is 7.21. The van der Waals surface area contributed by atoms with Crippen molar-refractivity contribution < 1.29 is 9.53 Å². The van der Waals surface area contributed by atoms with Crippen molar-refractivity contribution in [2.75, 3.05) is 13.2 Å². The molecule has 0 spiro atoms. The van der Waals surface area contributed by atoms with Crippen LogP contribution >= 0.6 is 0 Å². The van der Waals surface area contributed by atoms with E-state index >= 15 is 0 Å². The molecule has 108 valence electrons. The topological polar surface area (TPSA) is 26.3 Å². The molecule has 1 aliphatic rings. The molecule has 1 aromatic carbocycles. The molecule has 2 nitrogen and oxygen atoms in total. The zero-order valence-corrected chi connectivity index (χ0v) is 12.7. The van der Waals surface area contributed by atoms with Gasteiger partial charge in [-0.05, 0) is 55.7 Å². The standard InChI is InChI=1S/C18H24O2/c1-13-8-9-16(10-15(13)3)18(19)12-20-11-17-7-5-4-6-14(17)2/h4-5,8-10,14,17H,6-7,11-12H2,1-3H3. The van der Waals surface area contributed by atoms with Gasteiger partial charge in [-0.15, -0.1) is 0 Å². The fourth-order valence-corrected chi connectivity index (χ4v) is 2.54. The minimum atomic E-state index is 0.0760. The second-order valence-electron chi connectivity index (χ2n) is 5.92. The van der Waals surface area contributed by atoms with Crippen LogP contribution in [0.15, 0.2) is 30.4 Å². The SMILES string of the molecule is Cc1ccc(C(=O)COCC2CC=CCC2C)cc1C. The maximum atomic E-state index is 12.1. The first kappa shape index (κ1) is 15.0. The second kappa shape index (κ2) is 6.85. The number of hydrogen-bond donors (Lipinski definition) is 0. The average Bonchev–Trinajstić information content (AvgIpc) is 2.44. The molecule has 0 bridgehead atoms. The maximum Gasteiger partial charge on any atom is 0.188 e. The fourth-order valence-electron chi connectivity index (χ4n) is 2.54. The maximum absolute atomic E-state index is 12.1. The van der Waals surface area contributed by atoms with E-state index in [9.17, 15) is 4.79 Å². The second-order valence-corrected chi connectivity index (χ2v) is 5.92. The Morgan fingerprint density at radius 3 is 2.65 bits per heavy atom. The third kappa shape index (κ3) is 3.80. The Morgan fingerprint density at radius 2 is 1.95 bits per heavy atom. The van der Waals surface area contributed by atoms with Crippen LogP contribution in [0.5, 0.6) is 0 Å². The molecule has 0 saturated carbocycles. The first-order chi connectivity index (χ1) is 9.58. The first-order valence-corrected chi connectivity index (χ1v) is 7.41. The molecule has 2 atom stereocenters. The number of hydrogen-bond acceptors (Lipinski definition) is 2. The number of allylic oxidation sites excluding steroid dienone is 2. The van der Waals surface area contributed by atoms with E-state index in [-0.39, 0.29) is 12.4 Å². The fraction of sp³-hybridized carbons (Fsp3) is 0.500. The Morgan fingerprint density at radius 1 is 1.20 bits per heavy atom. The molecule has 1 aliphatic carbocycles. The molecule has 20 heavy (non-hydrogen) atoms. The van der Waals surface area contributed by atoms with Crippen molar-refractivity contribution in [1.82, 2.24) is 0 Å². The summed E-state index contributed by atoms with van der Waals surface area (Å²) in [5.74, 6) is 1.27. The molecule has 1 aromatic rings. The third-order valence-electron chi connectivity index (χ3n) is 4.31. The molecule has 0 radical (unpaired) electrons. The summed E-state index contributed by atoms with van der Waals surface area (Å²) in [6, 6.07) is 5.84. The van der Waals surface area contributed by atoms with Gasteiger partial charge in [0.1, 0.15) is 6.61 Å². The number of carbonyl (C=O) groups excluding carboxylic acids is 1. The molecule has 0 fully saturated rings. The van der Waals surface area contributed by atoms with Gasteiger partial charge in [0, 0.05) is 5.56 Å². The van der Waals surface area contributed by atoms with E-state index in [0.29, 0.717) is 18.4 Å². The van der Waals surface area contributed by atoms with Crippen LogP contribution in [-0.4, -0.2) is 19.0 Å². The largest absolute Gasteiger partial charge is 0.373 e. The van der Waals surface area contributed by atoms with E-state index in [1.807, 2.05) is 25.1 Å². The highest BCUT2D eigenvalue weighted by Crippen LogP contribution is 2.25. The van der Waals surface area contributed by atoms with E-state index in [2.05, 4.69) is 26.0 Å². The molecule has 2 rings (SSSR count). The van der Waals surface area contributed by atoms with Crippen LogP contribution in [0.2, 0.25) is 0 Å². The van der Waals surface area contributed by atoms with Gasteiger partial charge >= 0.3 is 0 Å². The highest BCUT2D eigenvalue weighted by atomic mass is 16.5. The molecule has 0 aliphatic heterocycles. The summed E-state index contributed by atoms with van der Waals surface area (Å²) in [6.07, 6.45) is 6.65. The van der Waals surface area contributed by atoms with Crippen molar-refractivity contribution in [2.24, 2.45) is 11.8 Å². The zero-order chi connectivity index (χ0) is 14.5. The Labute approximate surface area is 121 Å². The Kier molecular flexibility index (Phi) is 5.13. The lowest BCUT2D eigenvalue weighted by molar-refractivity contribution is 0.0602. The minimum absolute atomic E-state index is 0.0760. The minimum Gasteiger partial charge on any atom is -0.373 e. The summed E-state index contributed by atoms with van der Waals surface area (Å²) in [5, 5.41) is 0. The van der Waals surface area contributed by atoms with E-state index in [1.54, 1.807) is 0 Å². The van der Waals surface area contributed by atoms with Crippen LogP contribution in [0.4, 0.5) is 0 Å². The number of Topliss-reactive ketones (excluding diaryl/α,β-unsaturated/α-hetero) is 1. The average molecular weight is 272 g/mol. The van der Waals surface area contributed by atoms with Gasteiger partial charge in [-0.2, -0.15) is 0 Å². The summed E-state index contributed by atoms with van der Waals surface area (Å²) in [7, 11) is 0. The first-order valence-electron chi connectivity index (χ1n) is 7.41. The van der Waals surface area contributed by atoms with E-state index in [0.717, 1.165) is 24.0 Å². The van der Waals surface area contributed by atoms with Gasteiger partial charge in [0.05, 0.1) is 6.61 Å². The van der Waals surface area contributed by atoms with Crippen LogP contribution in [0, 0.1) is 25.7 Å². The van der Waals surface area contributed by atoms with Crippen molar-refractivity contribution in [3.05, 3.63) is 47.0 Å². The Bertz CT molecular complexity index is 502. The van der Waals surface area contributed by atoms with Gasteiger partial charge < -0.3 is 4.74 Å². The number of benzene rings is 1. The van der Waals surface area contributed by atoms with Crippen molar-refractivity contribution in [1.29, 1.82) is 0 Å². The zero-order valence-electron chi connectivity index (χ0n) is 12.7. The number of ketones is 1. The van der Waals surface area contributed by atoms with Crippen molar-refractivity contribution in [2.45, 2.75) is 33.6 Å². The molecule has 2 unspecified atom stereocenters. The quantitative estimate of drug-likeness (QED) is 0.595. The number of rotatable bonds is 5. The van der Waals surface area contributed by atoms with Gasteiger partial charge in [0.15, 0.2) is 5.78 Å². The summed E-state index contributed by atoms with van der Waals surface area (Å²) in [5.41, 5.74) is 3.12. The lowest BCUT2D eigenvalue weighted by Gasteiger charge is -2.24. The van der Waals surface area contributed by atoms with Crippen molar-refractivity contribution in [3.63, 3.8) is 0 Å². The van der Waals surface area contributed by atoms with E-state index in [1.165, 1.54) is 5.56 Å². The van der Waals surface area contributed by atoms with Crippen LogP contribution in [-0.2, 0) is 4.74 Å². The highest BCUT2D eigenvalue weighted by molar-refractivity contribution is 5.97. The smallest absolute Gasteiger partial charge is 0.188 e. The van der Waals surface area contributed by atoms with Crippen molar-refractivity contribution in [3.8, 4) is 0 Å². The van der Waals surface area contributed by atoms with Gasteiger partial charge in [0.2, 0.25) is 0 Å². The van der Waals surface area contributed by atoms with Crippen LogP contribution < -0.4 is 0 Å². The van der Waals surface area contributed by atoms with E-state index in [4.69, 9.17) is 4.74 Å². The predicted molar refractivity (Wildman–Crippen MR) is 82.1 cm³/mol. The molecule has 0 amide bonds. The number of ether oxygens (including phenoxy) is 1. The summed E-state index contributed by atoms with van der Waals surface area (Å²) in [4.78, 5) is 12.1. The molecule has 0 heterocycles. The third-order valence-corrected chi connectivity index (χ3v) is 4.31. The molecular formula is C18H24O2. The normalized spacial score (nSPS) is 21.9. The van der Waals surface area contributed by atoms with Gasteiger partial charge in [-0.25, -0.2) is 0 Å². The number of aryl methyl sites for hydroxylation is 2. The molecule has 0 saturated heterocycles. The number of carbonyl (C=O) groups is 1. The van der Waals surface area contributed by atoms with Crippen LogP contribution in [0.3, 0.4) is 0 Å². The monoisotopic (exact) mass is 272 g/mol. The van der Waals surface area contributed by atoms with Gasteiger partial charge in [0.25, 0.3) is 0 Å². The Hall–Kier alpha value is -1.41. The molecule has 0 aromatic heterocycles. The molecule has 0 N–H and O–H groups in total. The summed E-state index contributed by atoms with van der Waals surface area (Å²) < 4.78 is 5.65. The van der Waals surface area contributed by atoms with Crippen LogP contribution in [0.1, 0.15) is 41.3 Å². The lowest BCUT2D eigenvalue weighted by Crippen LogP contribution is -2.21. The highest BCUT2D eigenvalue weighted by Gasteiger charge is 2.18. The van der Waals surface area contributed by atoms with Crippen molar-refractivity contribution >= 4 is 5.78 Å². The van der Waals surface area contributed by atoms with Crippen LogP contribution in [0.25, 0.3) is 0 Å². The van der Waals surface area contributed by atoms with Gasteiger partial charge in [-0.1, -0.05) is 31.2 Å². The molecule has 2 heteroatoms. The lowest BCUT2D eigenvalue weighted by atomic mass is 9.85. The van der Waals surface area contributed by atoms with E-state index < -0.39 is 0 Å². The molecular weight excluding hydrogens is 248 g/mol. The predicted octanol–water partition coefficient (Wildman–Crippen LogP) is 4.11. The summed E-state index contributed by atoms with van der Waals surface area (Å²) >= 11 is 0. The van der Waals surface area contributed by atoms with Gasteiger partial charge in [-0.3, -0.25) is 4.79 Å².